The second kappa shape index (κ2) is 3.94. The lowest BCUT2D eigenvalue weighted by Crippen LogP contribution is -2.42. The molecular weight excluding hydrogens is 222 g/mol. The smallest absolute Gasteiger partial charge is 0.174 e. The molecule has 0 fully saturated rings. The summed E-state index contributed by atoms with van der Waals surface area (Å²) in [4.78, 5) is 1.69. The van der Waals surface area contributed by atoms with E-state index in [9.17, 15) is 15.6 Å². The van der Waals surface area contributed by atoms with Gasteiger partial charge in [-0.2, -0.15) is 0 Å². The molecule has 6 nitrogen and oxygen atoms in total. The Balaban J connectivity index is 2.70. The summed E-state index contributed by atoms with van der Waals surface area (Å²) in [5.74, 6) is 0. The lowest BCUT2D eigenvalue weighted by atomic mass is 10.1. The fourth-order valence-corrected chi connectivity index (χ4v) is 1.80. The summed E-state index contributed by atoms with van der Waals surface area (Å²) in [6.07, 6.45) is 1.14. The van der Waals surface area contributed by atoms with E-state index in [1.807, 2.05) is 0 Å². The van der Waals surface area contributed by atoms with Gasteiger partial charge in [-0.05, 0) is 13.0 Å². The summed E-state index contributed by atoms with van der Waals surface area (Å²) < 4.78 is 0. The number of para-hydroxylation sites is 2. The van der Waals surface area contributed by atoms with Gasteiger partial charge in [-0.3, -0.25) is 4.99 Å². The van der Waals surface area contributed by atoms with Gasteiger partial charge in [-0.15, -0.1) is 0 Å². The molecule has 1 heterocycles. The van der Waals surface area contributed by atoms with Gasteiger partial charge in [0.2, 0.25) is 0 Å². The molecule has 0 saturated carbocycles. The van der Waals surface area contributed by atoms with Crippen LogP contribution < -0.4 is 9.87 Å². The van der Waals surface area contributed by atoms with Crippen LogP contribution in [0.2, 0.25) is 0 Å². The second-order valence-electron chi connectivity index (χ2n) is 3.69. The highest BCUT2D eigenvalue weighted by Crippen LogP contribution is 2.42. The Labute approximate surface area is 98.4 Å². The normalized spacial score (nSPS) is 18.8. The summed E-state index contributed by atoms with van der Waals surface area (Å²) in [5.41, 5.74) is -0.160. The fraction of sp³-hybridized carbons (Fsp3) is 0.182. The largest absolute Gasteiger partial charge is 0.754 e. The maximum Gasteiger partial charge on any atom is 0.174 e. The lowest BCUT2D eigenvalue weighted by molar-refractivity contribution is 0.618. The zero-order valence-corrected chi connectivity index (χ0v) is 9.45. The van der Waals surface area contributed by atoms with Gasteiger partial charge in [0, 0.05) is 13.1 Å². The van der Waals surface area contributed by atoms with Gasteiger partial charge in [0.15, 0.2) is 11.4 Å². The van der Waals surface area contributed by atoms with E-state index in [-0.39, 0.29) is 22.8 Å². The van der Waals surface area contributed by atoms with Crippen LogP contribution in [-0.2, 0) is 0 Å². The van der Waals surface area contributed by atoms with Crippen LogP contribution in [0.25, 0.3) is 0 Å². The molecule has 90 valence electrons. The minimum absolute atomic E-state index is 0.0688. The van der Waals surface area contributed by atoms with E-state index in [0.29, 0.717) is 5.06 Å². The third-order valence-corrected chi connectivity index (χ3v) is 2.66. The Bertz CT molecular complexity index is 508. The van der Waals surface area contributed by atoms with E-state index in [4.69, 9.17) is 0 Å². The number of hydroxylamine groups is 3. The van der Waals surface area contributed by atoms with Crippen molar-refractivity contribution < 1.29 is 0 Å². The predicted octanol–water partition coefficient (Wildman–Crippen LogP) is 2.24. The molecule has 2 rings (SSSR count). The number of benzene rings is 1. The van der Waals surface area contributed by atoms with E-state index in [1.165, 1.54) is 26.1 Å². The topological polar surface area (TPSA) is 84.8 Å². The standard InChI is InChI=1S/C11H11N3O3/c1-8-11(7-12-2)14(16,17)10-6-4-3-5-9(10)13(8)15/h3-7H,1-2H3/q-2. The molecular formula is C11H11N3O3-2. The number of aliphatic imine (C=N–C) groups is 1. The van der Waals surface area contributed by atoms with Crippen molar-refractivity contribution in [2.24, 2.45) is 4.99 Å². The first-order valence-electron chi connectivity index (χ1n) is 5.01. The highest BCUT2D eigenvalue weighted by Gasteiger charge is 2.28. The minimum atomic E-state index is -1.96. The van der Waals surface area contributed by atoms with Gasteiger partial charge in [0.05, 0.1) is 17.6 Å². The molecule has 17 heavy (non-hydrogen) atoms. The Morgan fingerprint density at radius 3 is 2.59 bits per heavy atom. The van der Waals surface area contributed by atoms with E-state index in [1.54, 1.807) is 12.1 Å². The summed E-state index contributed by atoms with van der Waals surface area (Å²) in [6.45, 7) is 1.43. The van der Waals surface area contributed by atoms with Crippen LogP contribution in [0.3, 0.4) is 0 Å². The summed E-state index contributed by atoms with van der Waals surface area (Å²) in [7, 11) is 1.44. The quantitative estimate of drug-likeness (QED) is 0.423. The highest BCUT2D eigenvalue weighted by atomic mass is 16.8. The zero-order chi connectivity index (χ0) is 12.6. The molecule has 0 saturated heterocycles. The van der Waals surface area contributed by atoms with Crippen LogP contribution in [0.15, 0.2) is 40.7 Å². The molecule has 0 radical (unpaired) electrons. The van der Waals surface area contributed by atoms with Crippen molar-refractivity contribution in [3.63, 3.8) is 0 Å². The van der Waals surface area contributed by atoms with Gasteiger partial charge < -0.3 is 25.5 Å². The first-order valence-corrected chi connectivity index (χ1v) is 5.01. The van der Waals surface area contributed by atoms with Crippen molar-refractivity contribution in [1.82, 2.24) is 4.81 Å². The number of allylic oxidation sites excluding steroid dienone is 2. The van der Waals surface area contributed by atoms with Gasteiger partial charge in [-0.25, -0.2) is 0 Å². The van der Waals surface area contributed by atoms with Gasteiger partial charge >= 0.3 is 0 Å². The van der Waals surface area contributed by atoms with E-state index >= 15 is 0 Å². The van der Waals surface area contributed by atoms with Crippen LogP contribution in [-0.4, -0.2) is 13.3 Å². The number of nitrogens with zero attached hydrogens (tertiary/aromatic N) is 3. The molecule has 0 unspecified atom stereocenters. The number of fused-ring (bicyclic) bond motifs is 1. The molecule has 0 bridgehead atoms. The Hall–Kier alpha value is -1.73. The van der Waals surface area contributed by atoms with Gasteiger partial charge in [-0.1, -0.05) is 12.1 Å². The average molecular weight is 233 g/mol. The highest BCUT2D eigenvalue weighted by molar-refractivity contribution is 5.90. The predicted molar refractivity (Wildman–Crippen MR) is 67.9 cm³/mol. The minimum Gasteiger partial charge on any atom is -0.754 e. The summed E-state index contributed by atoms with van der Waals surface area (Å²) in [5, 5.41) is 36.7. The molecule has 0 aromatic heterocycles. The Morgan fingerprint density at radius 1 is 1.29 bits per heavy atom. The molecule has 0 spiro atoms. The first kappa shape index (κ1) is 11.7. The number of rotatable bonds is 1. The molecule has 1 aliphatic rings. The van der Waals surface area contributed by atoms with Crippen molar-refractivity contribution in [3.05, 3.63) is 51.3 Å². The molecule has 6 heteroatoms. The van der Waals surface area contributed by atoms with E-state index < -0.39 is 4.81 Å². The van der Waals surface area contributed by atoms with E-state index in [2.05, 4.69) is 4.99 Å². The monoisotopic (exact) mass is 233 g/mol. The molecule has 0 N–H and O–H groups in total. The van der Waals surface area contributed by atoms with Crippen molar-refractivity contribution >= 4 is 17.6 Å². The van der Waals surface area contributed by atoms with Crippen molar-refractivity contribution in [1.29, 1.82) is 0 Å². The summed E-state index contributed by atoms with van der Waals surface area (Å²) in [6, 6.07) is 5.97. The van der Waals surface area contributed by atoms with E-state index in [0.717, 1.165) is 6.21 Å². The first-order chi connectivity index (χ1) is 8.00. The van der Waals surface area contributed by atoms with Crippen LogP contribution in [0.5, 0.6) is 0 Å². The third-order valence-electron chi connectivity index (χ3n) is 2.66. The summed E-state index contributed by atoms with van der Waals surface area (Å²) >= 11 is 0. The molecule has 1 aromatic carbocycles. The number of hydrogen-bond donors (Lipinski definition) is 0. The molecule has 1 aromatic rings. The Kier molecular flexibility index (Phi) is 2.72. The number of quaternary nitrogens is 1. The maximum absolute atomic E-state index is 12.1. The van der Waals surface area contributed by atoms with Gasteiger partial charge in [0.25, 0.3) is 0 Å². The zero-order valence-electron chi connectivity index (χ0n) is 9.45. The number of anilines is 1. The van der Waals surface area contributed by atoms with Crippen LogP contribution in [0.4, 0.5) is 11.4 Å². The second-order valence-corrected chi connectivity index (χ2v) is 3.69. The van der Waals surface area contributed by atoms with Crippen LogP contribution >= 0.6 is 0 Å². The Morgan fingerprint density at radius 2 is 1.94 bits per heavy atom. The fourth-order valence-electron chi connectivity index (χ4n) is 1.80. The van der Waals surface area contributed by atoms with Crippen molar-refractivity contribution in [2.45, 2.75) is 6.92 Å². The maximum atomic E-state index is 12.1. The molecule has 1 aliphatic heterocycles. The number of hydrogen-bond acceptors (Lipinski definition) is 5. The SMILES string of the molecule is CN=CC1=C(C)N([O-])c2ccccc2[N+]1([O-])[O-]. The van der Waals surface area contributed by atoms with Crippen molar-refractivity contribution in [3.8, 4) is 0 Å². The van der Waals surface area contributed by atoms with Crippen LogP contribution in [0.1, 0.15) is 6.92 Å². The van der Waals surface area contributed by atoms with Crippen LogP contribution in [0, 0.1) is 15.6 Å². The molecule has 0 atom stereocenters. The lowest BCUT2D eigenvalue weighted by Gasteiger charge is -2.53. The van der Waals surface area contributed by atoms with Gasteiger partial charge in [0.1, 0.15) is 0 Å². The third kappa shape index (κ3) is 1.63. The molecule has 0 amide bonds. The van der Waals surface area contributed by atoms with Crippen molar-refractivity contribution in [2.75, 3.05) is 12.1 Å². The average Bonchev–Trinajstić information content (AvgIpc) is 2.32. The molecule has 0 aliphatic carbocycles.